The van der Waals surface area contributed by atoms with Crippen molar-refractivity contribution in [2.75, 3.05) is 24.3 Å². The molecule has 0 unspecified atom stereocenters. The highest BCUT2D eigenvalue weighted by molar-refractivity contribution is 7.98. The van der Waals surface area contributed by atoms with E-state index in [0.29, 0.717) is 17.9 Å². The van der Waals surface area contributed by atoms with E-state index in [-0.39, 0.29) is 5.91 Å². The van der Waals surface area contributed by atoms with Gasteiger partial charge in [-0.1, -0.05) is 12.8 Å². The Hall–Kier alpha value is -1.17. The van der Waals surface area contributed by atoms with Crippen LogP contribution < -0.4 is 11.1 Å². The summed E-state index contributed by atoms with van der Waals surface area (Å²) in [6.45, 7) is 0.701. The van der Waals surface area contributed by atoms with Crippen molar-refractivity contribution in [3.05, 3.63) is 11.8 Å². The van der Waals surface area contributed by atoms with Gasteiger partial charge in [0.2, 0.25) is 0 Å². The van der Waals surface area contributed by atoms with Crippen molar-refractivity contribution in [2.45, 2.75) is 25.7 Å². The average molecular weight is 270 g/mol. The number of thioether (sulfide) groups is 1. The topological polar surface area (TPSA) is 72.9 Å². The summed E-state index contributed by atoms with van der Waals surface area (Å²) in [6, 6.07) is 0. The first kappa shape index (κ1) is 14.9. The molecule has 6 heteroatoms. The summed E-state index contributed by atoms with van der Waals surface area (Å²) in [6.07, 6.45) is 8.28. The van der Waals surface area contributed by atoms with Crippen molar-refractivity contribution in [2.24, 2.45) is 7.05 Å². The van der Waals surface area contributed by atoms with Crippen LogP contribution in [0.15, 0.2) is 6.20 Å². The third-order valence-corrected chi connectivity index (χ3v) is 3.49. The number of carbonyl (C=O) groups excluding carboxylic acids is 1. The zero-order valence-corrected chi connectivity index (χ0v) is 11.9. The van der Waals surface area contributed by atoms with E-state index in [1.54, 1.807) is 7.05 Å². The second-order valence-corrected chi connectivity index (χ2v) is 5.22. The van der Waals surface area contributed by atoms with Crippen molar-refractivity contribution in [3.8, 4) is 0 Å². The fourth-order valence-corrected chi connectivity index (χ4v) is 2.14. The Labute approximate surface area is 112 Å². The predicted octanol–water partition coefficient (Wildman–Crippen LogP) is 1.66. The second kappa shape index (κ2) is 8.02. The fourth-order valence-electron chi connectivity index (χ4n) is 1.64. The summed E-state index contributed by atoms with van der Waals surface area (Å²) in [5.74, 6) is 1.50. The Kier molecular flexibility index (Phi) is 6.64. The molecule has 0 fully saturated rings. The summed E-state index contributed by atoms with van der Waals surface area (Å²) in [7, 11) is 1.72. The number of aryl methyl sites for hydroxylation is 1. The number of nitrogens with two attached hydrogens (primary N) is 1. The third kappa shape index (κ3) is 4.60. The van der Waals surface area contributed by atoms with Gasteiger partial charge in [0, 0.05) is 13.6 Å². The number of nitrogens with zero attached hydrogens (tertiary/aromatic N) is 2. The van der Waals surface area contributed by atoms with Crippen LogP contribution in [-0.4, -0.2) is 34.2 Å². The van der Waals surface area contributed by atoms with Gasteiger partial charge in [-0.25, -0.2) is 0 Å². The van der Waals surface area contributed by atoms with Gasteiger partial charge in [-0.05, 0) is 24.9 Å². The summed E-state index contributed by atoms with van der Waals surface area (Å²) < 4.78 is 1.50. The van der Waals surface area contributed by atoms with Crippen LogP contribution in [0.25, 0.3) is 0 Å². The van der Waals surface area contributed by atoms with Crippen molar-refractivity contribution in [3.63, 3.8) is 0 Å². The highest BCUT2D eigenvalue weighted by Crippen LogP contribution is 2.09. The van der Waals surface area contributed by atoms with Gasteiger partial charge in [-0.2, -0.15) is 16.9 Å². The largest absolute Gasteiger partial charge is 0.383 e. The van der Waals surface area contributed by atoms with E-state index in [0.717, 1.165) is 12.8 Å². The minimum atomic E-state index is -0.135. The van der Waals surface area contributed by atoms with E-state index >= 15 is 0 Å². The molecule has 0 aliphatic carbocycles. The molecule has 3 N–H and O–H groups in total. The maximum absolute atomic E-state index is 11.8. The lowest BCUT2D eigenvalue weighted by Crippen LogP contribution is -2.25. The molecule has 0 aliphatic heterocycles. The maximum atomic E-state index is 11.8. The molecule has 0 radical (unpaired) electrons. The molecule has 1 heterocycles. The smallest absolute Gasteiger partial charge is 0.256 e. The van der Waals surface area contributed by atoms with Crippen LogP contribution in [-0.2, 0) is 7.05 Å². The summed E-state index contributed by atoms with van der Waals surface area (Å²) in [4.78, 5) is 11.8. The predicted molar refractivity (Wildman–Crippen MR) is 76.8 cm³/mol. The molecule has 1 aromatic rings. The van der Waals surface area contributed by atoms with Gasteiger partial charge in [-0.3, -0.25) is 9.48 Å². The van der Waals surface area contributed by atoms with Crippen LogP contribution in [0.4, 0.5) is 5.82 Å². The Balaban J connectivity index is 2.16. The van der Waals surface area contributed by atoms with Crippen molar-refractivity contribution >= 4 is 23.5 Å². The number of unbranched alkanes of at least 4 members (excludes halogenated alkanes) is 3. The quantitative estimate of drug-likeness (QED) is 0.705. The molecule has 0 aromatic carbocycles. The molecule has 1 rings (SSSR count). The van der Waals surface area contributed by atoms with Gasteiger partial charge in [-0.15, -0.1) is 0 Å². The lowest BCUT2D eigenvalue weighted by molar-refractivity contribution is 0.0954. The minimum absolute atomic E-state index is 0.135. The zero-order valence-electron chi connectivity index (χ0n) is 11.1. The molecule has 0 atom stereocenters. The molecule has 0 aliphatic rings. The molecule has 1 amide bonds. The standard InChI is InChI=1S/C12H22N4OS/c1-16-11(13)10(9-15-16)12(17)14-7-5-3-4-6-8-18-2/h9H,3-8,13H2,1-2H3,(H,14,17). The van der Waals surface area contributed by atoms with Crippen LogP contribution in [0.5, 0.6) is 0 Å². The van der Waals surface area contributed by atoms with E-state index in [4.69, 9.17) is 5.73 Å². The lowest BCUT2D eigenvalue weighted by Gasteiger charge is -2.04. The van der Waals surface area contributed by atoms with Crippen molar-refractivity contribution in [1.82, 2.24) is 15.1 Å². The molecular formula is C12H22N4OS. The minimum Gasteiger partial charge on any atom is -0.383 e. The highest BCUT2D eigenvalue weighted by Gasteiger charge is 2.12. The third-order valence-electron chi connectivity index (χ3n) is 2.79. The van der Waals surface area contributed by atoms with E-state index in [1.807, 2.05) is 11.8 Å². The van der Waals surface area contributed by atoms with E-state index in [1.165, 1.54) is 29.5 Å². The molecule has 0 bridgehead atoms. The Morgan fingerprint density at radius 3 is 2.78 bits per heavy atom. The molecular weight excluding hydrogens is 248 g/mol. The number of aromatic nitrogens is 2. The highest BCUT2D eigenvalue weighted by atomic mass is 32.2. The SMILES string of the molecule is CSCCCCCCNC(=O)c1cnn(C)c1N. The van der Waals surface area contributed by atoms with Crippen LogP contribution in [0, 0.1) is 0 Å². The van der Waals surface area contributed by atoms with Gasteiger partial charge in [0.15, 0.2) is 0 Å². The van der Waals surface area contributed by atoms with Gasteiger partial charge >= 0.3 is 0 Å². The monoisotopic (exact) mass is 270 g/mol. The van der Waals surface area contributed by atoms with Crippen LogP contribution in [0.3, 0.4) is 0 Å². The van der Waals surface area contributed by atoms with E-state index in [9.17, 15) is 4.79 Å². The summed E-state index contributed by atoms with van der Waals surface area (Å²) >= 11 is 1.88. The average Bonchev–Trinajstić information content (AvgIpc) is 2.69. The Bertz CT molecular complexity index is 378. The number of rotatable bonds is 8. The Morgan fingerprint density at radius 1 is 1.44 bits per heavy atom. The lowest BCUT2D eigenvalue weighted by atomic mass is 10.2. The summed E-state index contributed by atoms with van der Waals surface area (Å²) in [5, 5.41) is 6.81. The number of anilines is 1. The maximum Gasteiger partial charge on any atom is 0.256 e. The molecule has 1 aromatic heterocycles. The number of amides is 1. The second-order valence-electron chi connectivity index (χ2n) is 4.23. The van der Waals surface area contributed by atoms with E-state index in [2.05, 4.69) is 16.7 Å². The number of hydrogen-bond acceptors (Lipinski definition) is 4. The van der Waals surface area contributed by atoms with Gasteiger partial charge in [0.1, 0.15) is 11.4 Å². The van der Waals surface area contributed by atoms with Crippen LogP contribution in [0.1, 0.15) is 36.0 Å². The molecule has 102 valence electrons. The zero-order chi connectivity index (χ0) is 13.4. The van der Waals surface area contributed by atoms with E-state index < -0.39 is 0 Å². The first-order valence-corrected chi connectivity index (χ1v) is 7.60. The number of hydrogen-bond donors (Lipinski definition) is 2. The van der Waals surface area contributed by atoms with Crippen molar-refractivity contribution < 1.29 is 4.79 Å². The normalized spacial score (nSPS) is 10.6. The number of nitrogens with one attached hydrogen (secondary N) is 1. The van der Waals surface area contributed by atoms with Gasteiger partial charge < -0.3 is 11.1 Å². The fraction of sp³-hybridized carbons (Fsp3) is 0.667. The Morgan fingerprint density at radius 2 is 2.17 bits per heavy atom. The molecule has 0 saturated heterocycles. The first-order valence-electron chi connectivity index (χ1n) is 6.21. The number of carbonyl (C=O) groups is 1. The molecule has 5 nitrogen and oxygen atoms in total. The van der Waals surface area contributed by atoms with Crippen LogP contribution in [0.2, 0.25) is 0 Å². The van der Waals surface area contributed by atoms with Gasteiger partial charge in [0.05, 0.1) is 6.20 Å². The van der Waals surface area contributed by atoms with Crippen molar-refractivity contribution in [1.29, 1.82) is 0 Å². The molecule has 18 heavy (non-hydrogen) atoms. The summed E-state index contributed by atoms with van der Waals surface area (Å²) in [5.41, 5.74) is 6.18. The molecule has 0 spiro atoms. The molecule has 0 saturated carbocycles. The number of nitrogen functional groups attached to an aromatic ring is 1. The van der Waals surface area contributed by atoms with Crippen LogP contribution >= 0.6 is 11.8 Å². The first-order chi connectivity index (χ1) is 8.66. The van der Waals surface area contributed by atoms with Gasteiger partial charge in [0.25, 0.3) is 5.91 Å².